The van der Waals surface area contributed by atoms with E-state index in [0.29, 0.717) is 12.3 Å². The normalized spacial score (nSPS) is 34.7. The van der Waals surface area contributed by atoms with Crippen molar-refractivity contribution in [1.29, 1.82) is 0 Å². The van der Waals surface area contributed by atoms with Gasteiger partial charge in [-0.05, 0) is 0 Å². The van der Waals surface area contributed by atoms with Gasteiger partial charge in [0.25, 0.3) is 0 Å². The first-order valence-corrected chi connectivity index (χ1v) is 8.01. The van der Waals surface area contributed by atoms with Crippen molar-refractivity contribution in [2.24, 2.45) is 0 Å². The van der Waals surface area contributed by atoms with Crippen molar-refractivity contribution in [2.75, 3.05) is 12.3 Å². The molecule has 0 aromatic rings. The molecule has 1 heterocycles. The third kappa shape index (κ3) is 2.27. The first-order chi connectivity index (χ1) is 3.87. The summed E-state index contributed by atoms with van der Waals surface area (Å²) >= 11 is 17.8. The van der Waals surface area contributed by atoms with Crippen LogP contribution < -0.4 is 0 Å². The van der Waals surface area contributed by atoms with E-state index in [1.54, 1.807) is 0 Å². The molecule has 0 radical (unpaired) electrons. The quantitative estimate of drug-likeness (QED) is 0.415. The molecule has 4 heteroatoms. The summed E-state index contributed by atoms with van der Waals surface area (Å²) in [6.07, 6.45) is 3.38. The van der Waals surface area contributed by atoms with Gasteiger partial charge in [-0.15, -0.1) is 0 Å². The fraction of sp³-hybridized carbons (Fsp3) is 0.600. The minimum absolute atomic E-state index is 0.669. The molecular weight excluding hydrogens is 197 g/mol. The zero-order valence-electron chi connectivity index (χ0n) is 5.07. The van der Waals surface area contributed by atoms with Crippen molar-refractivity contribution >= 4 is 38.4 Å². The molecule has 0 aromatic carbocycles. The van der Waals surface area contributed by atoms with Gasteiger partial charge in [-0.2, -0.15) is 0 Å². The molecule has 1 rings (SSSR count). The van der Waals surface area contributed by atoms with E-state index in [0.717, 1.165) is 0 Å². The van der Waals surface area contributed by atoms with Crippen molar-refractivity contribution in [3.8, 4) is 0 Å². The Kier molecular flexibility index (Phi) is 1.82. The van der Waals surface area contributed by atoms with Crippen LogP contribution in [0.2, 0.25) is 0 Å². The van der Waals surface area contributed by atoms with Gasteiger partial charge in [0.2, 0.25) is 0 Å². The molecule has 0 atom stereocenters. The fourth-order valence-electron chi connectivity index (χ4n) is 0.912. The van der Waals surface area contributed by atoms with Crippen LogP contribution in [0.3, 0.4) is 0 Å². The van der Waals surface area contributed by atoms with Gasteiger partial charge < -0.3 is 0 Å². The third-order valence-corrected chi connectivity index (χ3v) is 5.57. The summed E-state index contributed by atoms with van der Waals surface area (Å²) in [5.74, 6) is 0. The van der Waals surface area contributed by atoms with Gasteiger partial charge in [-0.3, -0.25) is 0 Å². The number of rotatable bonds is 0. The van der Waals surface area contributed by atoms with E-state index in [2.05, 4.69) is 0 Å². The Hall–Kier alpha value is 1.04. The van der Waals surface area contributed by atoms with E-state index in [1.807, 2.05) is 13.0 Å². The van der Waals surface area contributed by atoms with Crippen molar-refractivity contribution in [3.63, 3.8) is 0 Å². The molecule has 0 unspecified atom stereocenters. The van der Waals surface area contributed by atoms with Crippen LogP contribution in [0.25, 0.3) is 0 Å². The molecule has 0 saturated carbocycles. The van der Waals surface area contributed by atoms with Crippen molar-refractivity contribution < 1.29 is 0 Å². The van der Waals surface area contributed by atoms with Gasteiger partial charge in [-0.25, -0.2) is 0 Å². The Bertz CT molecular complexity index is 165. The van der Waals surface area contributed by atoms with Gasteiger partial charge >= 0.3 is 69.3 Å². The molecule has 0 nitrogen and oxygen atoms in total. The molecular formula is C5H8Cl3P. The average Bonchev–Trinajstić information content (AvgIpc) is 1.78. The molecule has 0 N–H and O–H groups in total. The number of allylic oxidation sites excluding steroid dienone is 2. The maximum absolute atomic E-state index is 5.93. The van der Waals surface area contributed by atoms with E-state index in [4.69, 9.17) is 33.7 Å². The summed E-state index contributed by atoms with van der Waals surface area (Å²) in [5.41, 5.74) is 1.22. The van der Waals surface area contributed by atoms with Gasteiger partial charge in [0.05, 0.1) is 0 Å². The van der Waals surface area contributed by atoms with Gasteiger partial charge in [-0.1, -0.05) is 0 Å². The Morgan fingerprint density at radius 2 is 2.00 bits per heavy atom. The second-order valence-electron chi connectivity index (χ2n) is 2.52. The van der Waals surface area contributed by atoms with E-state index in [1.165, 1.54) is 5.57 Å². The topological polar surface area (TPSA) is 0 Å². The Morgan fingerprint density at radius 3 is 2.11 bits per heavy atom. The fourth-order valence-corrected chi connectivity index (χ4v) is 5.05. The predicted molar refractivity (Wildman–Crippen MR) is 48.0 cm³/mol. The molecule has 1 aliphatic rings. The monoisotopic (exact) mass is 204 g/mol. The minimum atomic E-state index is -2.73. The van der Waals surface area contributed by atoms with E-state index in [9.17, 15) is 0 Å². The van der Waals surface area contributed by atoms with Crippen LogP contribution in [0.15, 0.2) is 11.6 Å². The van der Waals surface area contributed by atoms with Crippen molar-refractivity contribution in [2.45, 2.75) is 6.92 Å². The van der Waals surface area contributed by atoms with Gasteiger partial charge in [0.15, 0.2) is 0 Å². The maximum atomic E-state index is 5.93. The van der Waals surface area contributed by atoms with E-state index >= 15 is 0 Å². The first kappa shape index (κ1) is 8.14. The summed E-state index contributed by atoms with van der Waals surface area (Å²) in [4.78, 5) is 0. The third-order valence-electron chi connectivity index (χ3n) is 1.32. The van der Waals surface area contributed by atoms with E-state index in [-0.39, 0.29) is 0 Å². The standard InChI is InChI=1S/C5H8Cl3P/c1-5-2-3-9(6,7,8)4-5/h2H,3-4H2,1H3. The Labute approximate surface area is 69.5 Å². The van der Waals surface area contributed by atoms with Crippen LogP contribution in [0.1, 0.15) is 6.92 Å². The molecule has 0 fully saturated rings. The Balaban J connectivity index is 2.76. The van der Waals surface area contributed by atoms with Crippen molar-refractivity contribution in [1.82, 2.24) is 0 Å². The zero-order valence-corrected chi connectivity index (χ0v) is 8.23. The molecule has 54 valence electrons. The molecule has 9 heavy (non-hydrogen) atoms. The molecule has 1 aliphatic heterocycles. The molecule has 0 aliphatic carbocycles. The van der Waals surface area contributed by atoms with Crippen LogP contribution >= 0.6 is 38.4 Å². The van der Waals surface area contributed by atoms with Crippen molar-refractivity contribution in [3.05, 3.63) is 11.6 Å². The molecule has 0 saturated heterocycles. The number of hydrogen-bond donors (Lipinski definition) is 0. The van der Waals surface area contributed by atoms with Gasteiger partial charge in [0.1, 0.15) is 0 Å². The second-order valence-corrected chi connectivity index (χ2v) is 14.4. The first-order valence-electron chi connectivity index (χ1n) is 2.69. The summed E-state index contributed by atoms with van der Waals surface area (Å²) in [5, 5.41) is 0. The van der Waals surface area contributed by atoms with Crippen LogP contribution in [0, 0.1) is 0 Å². The molecule has 0 spiro atoms. The average molecular weight is 205 g/mol. The number of halogens is 3. The predicted octanol–water partition coefficient (Wildman–Crippen LogP) is 3.96. The van der Waals surface area contributed by atoms with Crippen LogP contribution in [0.4, 0.5) is 0 Å². The van der Waals surface area contributed by atoms with Crippen LogP contribution in [-0.4, -0.2) is 12.3 Å². The van der Waals surface area contributed by atoms with Gasteiger partial charge in [0, 0.05) is 0 Å². The SMILES string of the molecule is CC1=CCP(Cl)(Cl)(Cl)C1. The van der Waals surface area contributed by atoms with Crippen LogP contribution in [-0.2, 0) is 0 Å². The Morgan fingerprint density at radius 1 is 1.44 bits per heavy atom. The summed E-state index contributed by atoms with van der Waals surface area (Å²) < 4.78 is -2.73. The number of hydrogen-bond acceptors (Lipinski definition) is 0. The summed E-state index contributed by atoms with van der Waals surface area (Å²) in [6.45, 7) is 2.00. The second kappa shape index (κ2) is 2.01. The van der Waals surface area contributed by atoms with Crippen LogP contribution in [0.5, 0.6) is 0 Å². The summed E-state index contributed by atoms with van der Waals surface area (Å²) in [6, 6.07) is 0. The summed E-state index contributed by atoms with van der Waals surface area (Å²) in [7, 11) is 0. The zero-order chi connectivity index (χ0) is 7.15. The molecule has 0 bridgehead atoms. The molecule has 0 aromatic heterocycles. The molecule has 0 amide bonds. The van der Waals surface area contributed by atoms with E-state index < -0.39 is 4.66 Å².